The van der Waals surface area contributed by atoms with E-state index in [-0.39, 0.29) is 0 Å². The molecule has 0 radical (unpaired) electrons. The molecule has 0 amide bonds. The van der Waals surface area contributed by atoms with Crippen LogP contribution in [0, 0.1) is 4.91 Å². The highest BCUT2D eigenvalue weighted by Crippen LogP contribution is 2.18. The van der Waals surface area contributed by atoms with Crippen LogP contribution in [0.3, 0.4) is 0 Å². The van der Waals surface area contributed by atoms with Crippen LogP contribution in [0.5, 0.6) is 0 Å². The van der Waals surface area contributed by atoms with E-state index in [1.807, 2.05) is 61.5 Å². The van der Waals surface area contributed by atoms with E-state index in [1.165, 1.54) is 0 Å². The van der Waals surface area contributed by atoms with Crippen molar-refractivity contribution in [1.29, 1.82) is 0 Å². The molecule has 0 aromatic heterocycles. The summed E-state index contributed by atoms with van der Waals surface area (Å²) in [5, 5.41) is 0. The standard InChI is InChI=1S/C14H16N3O/c1-16(2)13-8-10-14(11-9-13)17(18)15-12-6-4-3-5-7-12/h3-11H,1-2H3,(H,15,18)/q+1. The molecule has 0 atom stereocenters. The highest BCUT2D eigenvalue weighted by Gasteiger charge is 2.13. The second kappa shape index (κ2) is 5.31. The largest absolute Gasteiger partial charge is 0.378 e. The maximum absolute atomic E-state index is 11.9. The first kappa shape index (κ1) is 12.1. The van der Waals surface area contributed by atoms with Gasteiger partial charge in [-0.2, -0.15) is 0 Å². The third-order valence-corrected chi connectivity index (χ3v) is 2.61. The van der Waals surface area contributed by atoms with Gasteiger partial charge in [0.05, 0.1) is 4.91 Å². The molecule has 0 fully saturated rings. The maximum atomic E-state index is 11.9. The van der Waals surface area contributed by atoms with Gasteiger partial charge in [-0.25, -0.2) is 0 Å². The van der Waals surface area contributed by atoms with E-state index >= 15 is 0 Å². The molecule has 4 heteroatoms. The highest BCUT2D eigenvalue weighted by atomic mass is 16.3. The van der Waals surface area contributed by atoms with Gasteiger partial charge < -0.3 is 4.90 Å². The minimum absolute atomic E-state index is 0.574. The zero-order valence-corrected chi connectivity index (χ0v) is 10.5. The summed E-state index contributed by atoms with van der Waals surface area (Å²) in [5.74, 6) is 0. The fourth-order valence-electron chi connectivity index (χ4n) is 1.58. The molecule has 0 saturated carbocycles. The van der Waals surface area contributed by atoms with Crippen molar-refractivity contribution in [2.75, 3.05) is 24.4 Å². The lowest BCUT2D eigenvalue weighted by Gasteiger charge is -2.10. The van der Waals surface area contributed by atoms with Crippen molar-refractivity contribution in [3.05, 3.63) is 59.5 Å². The number of hydrazine groups is 1. The first-order valence-electron chi connectivity index (χ1n) is 5.73. The fraction of sp³-hybridized carbons (Fsp3) is 0.143. The summed E-state index contributed by atoms with van der Waals surface area (Å²) in [5.41, 5.74) is 5.17. The Balaban J connectivity index is 2.10. The topological polar surface area (TPSA) is 35.4 Å². The second-order valence-corrected chi connectivity index (χ2v) is 4.18. The molecule has 2 aromatic rings. The number of benzene rings is 2. The van der Waals surface area contributed by atoms with Gasteiger partial charge in [-0.15, -0.1) is 5.43 Å². The van der Waals surface area contributed by atoms with E-state index in [0.717, 1.165) is 16.2 Å². The zero-order chi connectivity index (χ0) is 13.0. The molecule has 2 aromatic carbocycles. The van der Waals surface area contributed by atoms with Crippen molar-refractivity contribution in [1.82, 2.24) is 0 Å². The molecule has 0 saturated heterocycles. The number of nitroso groups, excluding NO2 is 1. The lowest BCUT2D eigenvalue weighted by atomic mass is 10.3. The summed E-state index contributed by atoms with van der Waals surface area (Å²) >= 11 is 0. The van der Waals surface area contributed by atoms with Crippen LogP contribution in [-0.2, 0) is 0 Å². The Bertz CT molecular complexity index is 520. The van der Waals surface area contributed by atoms with Crippen LogP contribution in [0.1, 0.15) is 0 Å². The number of anilines is 2. The maximum Gasteiger partial charge on any atom is 0.292 e. The molecule has 0 aliphatic heterocycles. The van der Waals surface area contributed by atoms with Crippen molar-refractivity contribution >= 4 is 17.1 Å². The van der Waals surface area contributed by atoms with Crippen LogP contribution in [-0.4, -0.2) is 19.0 Å². The summed E-state index contributed by atoms with van der Waals surface area (Å²) in [6.45, 7) is 0. The molecule has 0 aliphatic carbocycles. The van der Waals surface area contributed by atoms with Gasteiger partial charge in [0.1, 0.15) is 5.69 Å². The van der Waals surface area contributed by atoms with Crippen LogP contribution >= 0.6 is 0 Å². The Morgan fingerprint density at radius 2 is 1.56 bits per heavy atom. The SMILES string of the molecule is CN(C)c1ccc([N+](=O)Nc2ccccc2)cc1. The quantitative estimate of drug-likeness (QED) is 0.660. The molecular weight excluding hydrogens is 226 g/mol. The monoisotopic (exact) mass is 242 g/mol. The summed E-state index contributed by atoms with van der Waals surface area (Å²) in [7, 11) is 3.93. The predicted molar refractivity (Wildman–Crippen MR) is 74.1 cm³/mol. The third-order valence-electron chi connectivity index (χ3n) is 2.61. The minimum atomic E-state index is 0.574. The Hall–Kier alpha value is -2.36. The lowest BCUT2D eigenvalue weighted by Crippen LogP contribution is -2.11. The van der Waals surface area contributed by atoms with Crippen LogP contribution < -0.4 is 10.3 Å². The number of rotatable bonds is 4. The molecule has 0 spiro atoms. The average molecular weight is 242 g/mol. The van der Waals surface area contributed by atoms with Crippen molar-refractivity contribution in [3.63, 3.8) is 0 Å². The van der Waals surface area contributed by atoms with Gasteiger partial charge >= 0.3 is 0 Å². The van der Waals surface area contributed by atoms with E-state index < -0.39 is 0 Å². The molecule has 0 heterocycles. The molecule has 4 nitrogen and oxygen atoms in total. The number of hydrogen-bond donors (Lipinski definition) is 1. The van der Waals surface area contributed by atoms with Gasteiger partial charge in [0.15, 0.2) is 4.87 Å². The summed E-state index contributed by atoms with van der Waals surface area (Å²) in [6, 6.07) is 16.8. The number of nitrogens with one attached hydrogen (secondary N) is 1. The molecule has 18 heavy (non-hydrogen) atoms. The number of nitrogens with zero attached hydrogens (tertiary/aromatic N) is 2. The normalized spacial score (nSPS) is 9.89. The minimum Gasteiger partial charge on any atom is -0.378 e. The molecule has 0 bridgehead atoms. The van der Waals surface area contributed by atoms with Gasteiger partial charge in [-0.3, -0.25) is 0 Å². The summed E-state index contributed by atoms with van der Waals surface area (Å²) in [4.78, 5) is 14.6. The smallest absolute Gasteiger partial charge is 0.292 e. The molecule has 0 aliphatic rings. The van der Waals surface area contributed by atoms with Crippen LogP contribution in [0.4, 0.5) is 17.1 Å². The Labute approximate surface area is 106 Å². The van der Waals surface area contributed by atoms with Gasteiger partial charge in [0.2, 0.25) is 0 Å². The lowest BCUT2D eigenvalue weighted by molar-refractivity contribution is -0.427. The summed E-state index contributed by atoms with van der Waals surface area (Å²) < 4.78 is 0. The second-order valence-electron chi connectivity index (χ2n) is 4.18. The zero-order valence-electron chi connectivity index (χ0n) is 10.5. The Morgan fingerprint density at radius 1 is 0.944 bits per heavy atom. The van der Waals surface area contributed by atoms with E-state index in [2.05, 4.69) is 5.43 Å². The number of para-hydroxylation sites is 1. The fourth-order valence-corrected chi connectivity index (χ4v) is 1.58. The van der Waals surface area contributed by atoms with E-state index in [9.17, 15) is 4.91 Å². The summed E-state index contributed by atoms with van der Waals surface area (Å²) in [6.07, 6.45) is 0. The molecule has 92 valence electrons. The third kappa shape index (κ3) is 2.85. The van der Waals surface area contributed by atoms with E-state index in [1.54, 1.807) is 12.1 Å². The van der Waals surface area contributed by atoms with Crippen LogP contribution in [0.25, 0.3) is 0 Å². The van der Waals surface area contributed by atoms with Gasteiger partial charge in [-0.1, -0.05) is 18.2 Å². The van der Waals surface area contributed by atoms with Crippen molar-refractivity contribution in [3.8, 4) is 0 Å². The first-order chi connectivity index (χ1) is 8.66. The van der Waals surface area contributed by atoms with Crippen LogP contribution in [0.2, 0.25) is 0 Å². The first-order valence-corrected chi connectivity index (χ1v) is 5.73. The molecule has 1 N–H and O–H groups in total. The van der Waals surface area contributed by atoms with Crippen molar-refractivity contribution in [2.45, 2.75) is 0 Å². The molecule has 2 rings (SSSR count). The Morgan fingerprint density at radius 3 is 2.11 bits per heavy atom. The number of hydrogen-bond acceptors (Lipinski definition) is 2. The highest BCUT2D eigenvalue weighted by molar-refractivity contribution is 5.50. The molecular formula is C14H16N3O+. The van der Waals surface area contributed by atoms with Gasteiger partial charge in [-0.05, 0) is 24.3 Å². The van der Waals surface area contributed by atoms with E-state index in [0.29, 0.717) is 5.69 Å². The van der Waals surface area contributed by atoms with Gasteiger partial charge in [0, 0.05) is 31.9 Å². The van der Waals surface area contributed by atoms with Crippen molar-refractivity contribution in [2.24, 2.45) is 0 Å². The van der Waals surface area contributed by atoms with E-state index in [4.69, 9.17) is 0 Å². The van der Waals surface area contributed by atoms with Gasteiger partial charge in [0.25, 0.3) is 5.69 Å². The Kier molecular flexibility index (Phi) is 3.57. The van der Waals surface area contributed by atoms with Crippen molar-refractivity contribution < 1.29 is 4.87 Å². The average Bonchev–Trinajstić information content (AvgIpc) is 2.40. The molecule has 0 unspecified atom stereocenters. The van der Waals surface area contributed by atoms with Crippen LogP contribution in [0.15, 0.2) is 54.6 Å². The predicted octanol–water partition coefficient (Wildman–Crippen LogP) is 3.19.